The second-order valence-electron chi connectivity index (χ2n) is 7.24. The highest BCUT2D eigenvalue weighted by Crippen LogP contribution is 2.44. The third kappa shape index (κ3) is 3.72. The molecule has 1 aliphatic heterocycles. The number of carbonyl (C=O) groups is 1. The van der Waals surface area contributed by atoms with Crippen molar-refractivity contribution in [3.63, 3.8) is 0 Å². The first-order chi connectivity index (χ1) is 9.30. The van der Waals surface area contributed by atoms with Gasteiger partial charge in [0.1, 0.15) is 0 Å². The number of hydrogen-bond donors (Lipinski definition) is 0. The number of ether oxygens (including phenoxy) is 1. The van der Waals surface area contributed by atoms with Crippen LogP contribution in [0.3, 0.4) is 0 Å². The second kappa shape index (κ2) is 5.72. The Bertz CT molecular complexity index is 426. The van der Waals surface area contributed by atoms with Gasteiger partial charge in [-0.15, -0.1) is 0 Å². The van der Waals surface area contributed by atoms with E-state index in [9.17, 15) is 4.79 Å². The molecule has 0 atom stereocenters. The van der Waals surface area contributed by atoms with E-state index in [2.05, 4.69) is 33.8 Å². The highest BCUT2D eigenvalue weighted by atomic mass is 16.5. The zero-order valence-electron chi connectivity index (χ0n) is 13.2. The van der Waals surface area contributed by atoms with Gasteiger partial charge in [-0.3, -0.25) is 4.79 Å². The maximum absolute atomic E-state index is 12.2. The van der Waals surface area contributed by atoms with Crippen molar-refractivity contribution in [1.82, 2.24) is 4.90 Å². The molecular weight excluding hydrogens is 250 g/mol. The average molecular weight is 277 g/mol. The number of rotatable bonds is 2. The van der Waals surface area contributed by atoms with Crippen molar-refractivity contribution in [2.24, 2.45) is 10.8 Å². The molecule has 0 saturated carbocycles. The van der Waals surface area contributed by atoms with Crippen molar-refractivity contribution in [2.45, 2.75) is 40.5 Å². The van der Waals surface area contributed by atoms with Gasteiger partial charge in [-0.05, 0) is 29.2 Å². The van der Waals surface area contributed by atoms with E-state index in [4.69, 9.17) is 4.74 Å². The van der Waals surface area contributed by atoms with Gasteiger partial charge in [-0.1, -0.05) is 39.8 Å². The van der Waals surface area contributed by atoms with Crippen LogP contribution in [0.5, 0.6) is 0 Å². The molecule has 3 heteroatoms. The zero-order chi connectivity index (χ0) is 14.8. The molecule has 112 valence electrons. The van der Waals surface area contributed by atoms with E-state index in [-0.39, 0.29) is 16.7 Å². The summed E-state index contributed by atoms with van der Waals surface area (Å²) in [6.45, 7) is 11.8. The molecule has 1 aliphatic carbocycles. The summed E-state index contributed by atoms with van der Waals surface area (Å²) >= 11 is 0. The molecule has 1 saturated heterocycles. The monoisotopic (exact) mass is 277 g/mol. The van der Waals surface area contributed by atoms with Crippen molar-refractivity contribution in [1.29, 1.82) is 0 Å². The van der Waals surface area contributed by atoms with Crippen molar-refractivity contribution in [3.8, 4) is 0 Å². The van der Waals surface area contributed by atoms with Crippen LogP contribution in [0.4, 0.5) is 0 Å². The third-order valence-corrected chi connectivity index (χ3v) is 4.45. The first-order valence-corrected chi connectivity index (χ1v) is 7.58. The molecule has 1 amide bonds. The Kier molecular flexibility index (Phi) is 4.38. The fraction of sp³-hybridized carbons (Fsp3) is 0.706. The van der Waals surface area contributed by atoms with Crippen LogP contribution in [0.15, 0.2) is 23.8 Å². The Hall–Kier alpha value is -1.09. The first-order valence-electron chi connectivity index (χ1n) is 7.58. The minimum absolute atomic E-state index is 0.105. The number of carbonyl (C=O) groups excluding carboxylic acids is 1. The van der Waals surface area contributed by atoms with E-state index in [1.807, 2.05) is 11.0 Å². The lowest BCUT2D eigenvalue weighted by Gasteiger charge is -2.38. The van der Waals surface area contributed by atoms with Crippen molar-refractivity contribution < 1.29 is 9.53 Å². The molecule has 0 aromatic rings. The maximum Gasteiger partial charge on any atom is 0.246 e. The maximum atomic E-state index is 12.2. The predicted octanol–water partition coefficient (Wildman–Crippen LogP) is 3.17. The number of amides is 1. The summed E-state index contributed by atoms with van der Waals surface area (Å²) in [5.41, 5.74) is 1.68. The van der Waals surface area contributed by atoms with E-state index in [0.717, 1.165) is 0 Å². The molecule has 0 spiro atoms. The summed E-state index contributed by atoms with van der Waals surface area (Å²) in [7, 11) is 0. The molecule has 2 rings (SSSR count). The van der Waals surface area contributed by atoms with Crippen LogP contribution in [-0.2, 0) is 9.53 Å². The van der Waals surface area contributed by atoms with Crippen LogP contribution in [0.1, 0.15) is 40.5 Å². The highest BCUT2D eigenvalue weighted by molar-refractivity contribution is 5.88. The molecular formula is C17H27NO2. The molecule has 0 N–H and O–H groups in total. The smallest absolute Gasteiger partial charge is 0.246 e. The van der Waals surface area contributed by atoms with Gasteiger partial charge in [-0.25, -0.2) is 0 Å². The predicted molar refractivity (Wildman–Crippen MR) is 81.4 cm³/mol. The Morgan fingerprint density at radius 2 is 1.85 bits per heavy atom. The van der Waals surface area contributed by atoms with Crippen LogP contribution < -0.4 is 0 Å². The average Bonchev–Trinajstić information content (AvgIpc) is 2.41. The standard InChI is InChI=1S/C17H27NO2/c1-16(2)7-8-17(3,4)14(13-16)5-6-15(19)18-9-11-20-12-10-18/h5-6,13H,7-12H2,1-4H3. The Balaban J connectivity index is 2.08. The number of nitrogens with zero attached hydrogens (tertiary/aromatic N) is 1. The van der Waals surface area contributed by atoms with Crippen LogP contribution in [0, 0.1) is 10.8 Å². The third-order valence-electron chi connectivity index (χ3n) is 4.45. The van der Waals surface area contributed by atoms with E-state index >= 15 is 0 Å². The zero-order valence-corrected chi connectivity index (χ0v) is 13.2. The summed E-state index contributed by atoms with van der Waals surface area (Å²) < 4.78 is 5.28. The fourth-order valence-electron chi connectivity index (χ4n) is 2.79. The Morgan fingerprint density at radius 3 is 2.50 bits per heavy atom. The highest BCUT2D eigenvalue weighted by Gasteiger charge is 2.31. The van der Waals surface area contributed by atoms with E-state index in [0.29, 0.717) is 26.3 Å². The summed E-state index contributed by atoms with van der Waals surface area (Å²) in [6.07, 6.45) is 8.47. The molecule has 3 nitrogen and oxygen atoms in total. The summed E-state index contributed by atoms with van der Waals surface area (Å²) in [4.78, 5) is 14.0. The molecule has 0 radical (unpaired) electrons. The van der Waals surface area contributed by atoms with Gasteiger partial charge < -0.3 is 9.64 Å². The Labute approximate surface area is 122 Å². The molecule has 1 heterocycles. The van der Waals surface area contributed by atoms with E-state index < -0.39 is 0 Å². The lowest BCUT2D eigenvalue weighted by atomic mass is 9.67. The minimum atomic E-state index is 0.105. The van der Waals surface area contributed by atoms with Crippen molar-refractivity contribution >= 4 is 5.91 Å². The van der Waals surface area contributed by atoms with Gasteiger partial charge in [0, 0.05) is 19.2 Å². The largest absolute Gasteiger partial charge is 0.378 e. The minimum Gasteiger partial charge on any atom is -0.378 e. The van der Waals surface area contributed by atoms with Crippen LogP contribution >= 0.6 is 0 Å². The van der Waals surface area contributed by atoms with Gasteiger partial charge in [0.05, 0.1) is 13.2 Å². The molecule has 0 aromatic carbocycles. The molecule has 1 fully saturated rings. The van der Waals surface area contributed by atoms with Crippen molar-refractivity contribution in [2.75, 3.05) is 26.3 Å². The van der Waals surface area contributed by atoms with E-state index in [1.165, 1.54) is 18.4 Å². The SMILES string of the molecule is CC1(C)C=C(C=CC(=O)N2CCOCC2)C(C)(C)CC1. The first kappa shape index (κ1) is 15.3. The molecule has 0 bridgehead atoms. The number of hydrogen-bond acceptors (Lipinski definition) is 2. The fourth-order valence-corrected chi connectivity index (χ4v) is 2.79. The van der Waals surface area contributed by atoms with Crippen LogP contribution in [0.25, 0.3) is 0 Å². The molecule has 0 unspecified atom stereocenters. The van der Waals surface area contributed by atoms with Gasteiger partial charge >= 0.3 is 0 Å². The topological polar surface area (TPSA) is 29.5 Å². The van der Waals surface area contributed by atoms with Crippen LogP contribution in [-0.4, -0.2) is 37.1 Å². The van der Waals surface area contributed by atoms with Gasteiger partial charge in [0.15, 0.2) is 0 Å². The lowest BCUT2D eigenvalue weighted by molar-refractivity contribution is -0.129. The molecule has 0 aromatic heterocycles. The second-order valence-corrected chi connectivity index (χ2v) is 7.24. The summed E-state index contributed by atoms with van der Waals surface area (Å²) in [5.74, 6) is 0.105. The van der Waals surface area contributed by atoms with Gasteiger partial charge in [0.2, 0.25) is 5.91 Å². The van der Waals surface area contributed by atoms with Gasteiger partial charge in [-0.2, -0.15) is 0 Å². The summed E-state index contributed by atoms with van der Waals surface area (Å²) in [6, 6.07) is 0. The van der Waals surface area contributed by atoms with E-state index in [1.54, 1.807) is 6.08 Å². The quantitative estimate of drug-likeness (QED) is 0.726. The summed E-state index contributed by atoms with van der Waals surface area (Å²) in [5, 5.41) is 0. The van der Waals surface area contributed by atoms with Gasteiger partial charge in [0.25, 0.3) is 0 Å². The van der Waals surface area contributed by atoms with Crippen LogP contribution in [0.2, 0.25) is 0 Å². The number of allylic oxidation sites excluding steroid dienone is 3. The number of morpholine rings is 1. The molecule has 2 aliphatic rings. The normalized spacial score (nSPS) is 25.6. The Morgan fingerprint density at radius 1 is 1.20 bits per heavy atom. The van der Waals surface area contributed by atoms with Crippen molar-refractivity contribution in [3.05, 3.63) is 23.8 Å². The molecule has 20 heavy (non-hydrogen) atoms. The lowest BCUT2D eigenvalue weighted by Crippen LogP contribution is -2.39.